The molecule has 0 bridgehead atoms. The minimum atomic E-state index is -0.260. The van der Waals surface area contributed by atoms with Crippen LogP contribution in [0.4, 0.5) is 11.4 Å². The van der Waals surface area contributed by atoms with Gasteiger partial charge in [0, 0.05) is 36.7 Å². The first kappa shape index (κ1) is 22.5. The average Bonchev–Trinajstić information content (AvgIpc) is 2.80. The molecule has 31 heavy (non-hydrogen) atoms. The molecular formula is C24H23BrN2O4. The van der Waals surface area contributed by atoms with Crippen LogP contribution in [0.1, 0.15) is 20.7 Å². The van der Waals surface area contributed by atoms with E-state index in [1.165, 1.54) is 0 Å². The van der Waals surface area contributed by atoms with E-state index in [1.54, 1.807) is 61.5 Å². The number of halogens is 1. The molecule has 0 unspecified atom stereocenters. The van der Waals surface area contributed by atoms with Crippen LogP contribution in [0.5, 0.6) is 5.75 Å². The van der Waals surface area contributed by atoms with Gasteiger partial charge in [-0.15, -0.1) is 0 Å². The van der Waals surface area contributed by atoms with Crippen LogP contribution in [-0.4, -0.2) is 39.2 Å². The van der Waals surface area contributed by atoms with Crippen LogP contribution in [0.25, 0.3) is 0 Å². The summed E-state index contributed by atoms with van der Waals surface area (Å²) in [6, 6.07) is 21.3. The zero-order chi connectivity index (χ0) is 22.2. The number of methoxy groups -OCH3 is 1. The summed E-state index contributed by atoms with van der Waals surface area (Å²) in [6.45, 7) is 0.902. The number of nitrogens with zero attached hydrogens (tertiary/aromatic N) is 1. The molecule has 0 atom stereocenters. The molecule has 1 N–H and O–H groups in total. The number of benzene rings is 3. The van der Waals surface area contributed by atoms with Crippen molar-refractivity contribution in [1.82, 2.24) is 0 Å². The number of ether oxygens (including phenoxy) is 2. The van der Waals surface area contributed by atoms with Crippen molar-refractivity contribution in [2.45, 2.75) is 0 Å². The lowest BCUT2D eigenvalue weighted by molar-refractivity contribution is 0.0991. The van der Waals surface area contributed by atoms with E-state index < -0.39 is 0 Å². The molecule has 2 amide bonds. The van der Waals surface area contributed by atoms with Crippen LogP contribution in [0.2, 0.25) is 0 Å². The molecule has 0 heterocycles. The Kier molecular flexibility index (Phi) is 7.81. The third-order valence-electron chi connectivity index (χ3n) is 4.58. The molecule has 0 aliphatic rings. The molecule has 0 aliphatic carbocycles. The summed E-state index contributed by atoms with van der Waals surface area (Å²) >= 11 is 3.42. The zero-order valence-electron chi connectivity index (χ0n) is 17.3. The lowest BCUT2D eigenvalue weighted by Gasteiger charge is -2.17. The van der Waals surface area contributed by atoms with E-state index in [2.05, 4.69) is 21.2 Å². The van der Waals surface area contributed by atoms with Gasteiger partial charge in [-0.25, -0.2) is 0 Å². The van der Waals surface area contributed by atoms with Crippen molar-refractivity contribution in [2.24, 2.45) is 0 Å². The van der Waals surface area contributed by atoms with Crippen molar-refractivity contribution < 1.29 is 19.1 Å². The number of hydrogen-bond acceptors (Lipinski definition) is 4. The highest BCUT2D eigenvalue weighted by Gasteiger charge is 2.14. The minimum Gasteiger partial charge on any atom is -0.490 e. The second kappa shape index (κ2) is 10.7. The monoisotopic (exact) mass is 482 g/mol. The van der Waals surface area contributed by atoms with Gasteiger partial charge in [0.05, 0.1) is 11.1 Å². The quantitative estimate of drug-likeness (QED) is 0.458. The molecular weight excluding hydrogens is 460 g/mol. The maximum atomic E-state index is 12.7. The van der Waals surface area contributed by atoms with Crippen molar-refractivity contribution >= 4 is 39.1 Å². The minimum absolute atomic E-state index is 0.128. The zero-order valence-corrected chi connectivity index (χ0v) is 18.9. The molecule has 6 nitrogen and oxygen atoms in total. The van der Waals surface area contributed by atoms with Crippen LogP contribution in [0, 0.1) is 0 Å². The predicted molar refractivity (Wildman–Crippen MR) is 125 cm³/mol. The summed E-state index contributed by atoms with van der Waals surface area (Å²) in [5.41, 5.74) is 2.42. The highest BCUT2D eigenvalue weighted by molar-refractivity contribution is 9.10. The molecule has 0 saturated heterocycles. The van der Waals surface area contributed by atoms with Gasteiger partial charge in [-0.3, -0.25) is 9.59 Å². The first-order valence-corrected chi connectivity index (χ1v) is 10.4. The Morgan fingerprint density at radius 2 is 1.61 bits per heavy atom. The molecule has 3 rings (SSSR count). The van der Waals surface area contributed by atoms with Crippen molar-refractivity contribution in [3.63, 3.8) is 0 Å². The second-order valence-electron chi connectivity index (χ2n) is 6.72. The topological polar surface area (TPSA) is 67.9 Å². The number of anilines is 2. The highest BCUT2D eigenvalue weighted by atomic mass is 79.9. The number of para-hydroxylation sites is 1. The molecule has 0 saturated carbocycles. The van der Waals surface area contributed by atoms with E-state index in [1.807, 2.05) is 30.3 Å². The number of hydrogen-bond donors (Lipinski definition) is 1. The standard InChI is InChI=1S/C24H23BrN2O4/c1-27(20-6-4-3-5-7-20)24(29)17-8-11-19(12-9-17)26-23(28)18-10-13-22(21(25)16-18)31-15-14-30-2/h3-13,16H,14-15H2,1-2H3,(H,26,28). The van der Waals surface area contributed by atoms with Gasteiger partial charge in [-0.1, -0.05) is 18.2 Å². The van der Waals surface area contributed by atoms with Crippen molar-refractivity contribution in [2.75, 3.05) is 37.6 Å². The molecule has 7 heteroatoms. The fourth-order valence-corrected chi connectivity index (χ4v) is 3.35. The van der Waals surface area contributed by atoms with Gasteiger partial charge in [0.25, 0.3) is 11.8 Å². The number of carbonyl (C=O) groups is 2. The first-order chi connectivity index (χ1) is 15.0. The predicted octanol–water partition coefficient (Wildman–Crippen LogP) is 5.00. The van der Waals surface area contributed by atoms with E-state index in [9.17, 15) is 9.59 Å². The summed E-state index contributed by atoms with van der Waals surface area (Å²) in [5, 5.41) is 2.84. The Morgan fingerprint density at radius 3 is 2.26 bits per heavy atom. The molecule has 3 aromatic carbocycles. The number of carbonyl (C=O) groups excluding carboxylic acids is 2. The van der Waals surface area contributed by atoms with Crippen molar-refractivity contribution in [3.8, 4) is 5.75 Å². The van der Waals surface area contributed by atoms with Gasteiger partial charge < -0.3 is 19.7 Å². The van der Waals surface area contributed by atoms with E-state index in [4.69, 9.17) is 9.47 Å². The van der Waals surface area contributed by atoms with Crippen molar-refractivity contribution in [1.29, 1.82) is 0 Å². The Hall–Kier alpha value is -3.16. The van der Waals surface area contributed by atoms with Crippen LogP contribution >= 0.6 is 15.9 Å². The molecule has 0 aliphatic heterocycles. The highest BCUT2D eigenvalue weighted by Crippen LogP contribution is 2.26. The third-order valence-corrected chi connectivity index (χ3v) is 5.20. The van der Waals surface area contributed by atoms with E-state index in [0.29, 0.717) is 40.3 Å². The third kappa shape index (κ3) is 5.93. The van der Waals surface area contributed by atoms with Crippen molar-refractivity contribution in [3.05, 3.63) is 88.4 Å². The molecule has 0 aromatic heterocycles. The van der Waals surface area contributed by atoms with Crippen LogP contribution < -0.4 is 15.0 Å². The Bertz CT molecular complexity index is 1040. The maximum Gasteiger partial charge on any atom is 0.258 e. The van der Waals surface area contributed by atoms with E-state index in [0.717, 1.165) is 5.69 Å². The summed E-state index contributed by atoms with van der Waals surface area (Å²) in [7, 11) is 3.34. The average molecular weight is 483 g/mol. The Morgan fingerprint density at radius 1 is 0.935 bits per heavy atom. The number of amides is 2. The number of nitrogens with one attached hydrogen (secondary N) is 1. The summed E-state index contributed by atoms with van der Waals surface area (Å²) in [5.74, 6) is 0.251. The van der Waals surface area contributed by atoms with Gasteiger partial charge >= 0.3 is 0 Å². The largest absolute Gasteiger partial charge is 0.490 e. The Labute approximate surface area is 189 Å². The number of rotatable bonds is 8. The molecule has 0 radical (unpaired) electrons. The lowest BCUT2D eigenvalue weighted by atomic mass is 10.1. The lowest BCUT2D eigenvalue weighted by Crippen LogP contribution is -2.26. The van der Waals surface area contributed by atoms with Crippen LogP contribution in [-0.2, 0) is 4.74 Å². The maximum absolute atomic E-state index is 12.7. The smallest absolute Gasteiger partial charge is 0.258 e. The SMILES string of the molecule is COCCOc1ccc(C(=O)Nc2ccc(C(=O)N(C)c3ccccc3)cc2)cc1Br. The molecule has 160 valence electrons. The molecule has 0 fully saturated rings. The molecule has 3 aromatic rings. The van der Waals surface area contributed by atoms with Gasteiger partial charge in [-0.05, 0) is 70.5 Å². The fourth-order valence-electron chi connectivity index (χ4n) is 2.86. The van der Waals surface area contributed by atoms with E-state index in [-0.39, 0.29) is 11.8 Å². The van der Waals surface area contributed by atoms with Gasteiger partial charge in [-0.2, -0.15) is 0 Å². The van der Waals surface area contributed by atoms with Gasteiger partial charge in [0.2, 0.25) is 0 Å². The Balaban J connectivity index is 1.63. The van der Waals surface area contributed by atoms with Gasteiger partial charge in [0.15, 0.2) is 0 Å². The van der Waals surface area contributed by atoms with E-state index >= 15 is 0 Å². The summed E-state index contributed by atoms with van der Waals surface area (Å²) in [6.07, 6.45) is 0. The summed E-state index contributed by atoms with van der Waals surface area (Å²) < 4.78 is 11.2. The van der Waals surface area contributed by atoms with Crippen LogP contribution in [0.15, 0.2) is 77.3 Å². The molecule has 0 spiro atoms. The first-order valence-electron chi connectivity index (χ1n) is 9.65. The fraction of sp³-hybridized carbons (Fsp3) is 0.167. The normalized spacial score (nSPS) is 10.4. The van der Waals surface area contributed by atoms with Crippen LogP contribution in [0.3, 0.4) is 0 Å². The summed E-state index contributed by atoms with van der Waals surface area (Å²) in [4.78, 5) is 26.8. The second-order valence-corrected chi connectivity index (χ2v) is 7.57. The van der Waals surface area contributed by atoms with Gasteiger partial charge in [0.1, 0.15) is 12.4 Å².